The van der Waals surface area contributed by atoms with Crippen molar-refractivity contribution in [3.05, 3.63) is 0 Å². The molecule has 0 unspecified atom stereocenters. The Labute approximate surface area is 145 Å². The molecule has 0 spiro atoms. The molecule has 2 aliphatic heterocycles. The third-order valence-corrected chi connectivity index (χ3v) is 5.95. The van der Waals surface area contributed by atoms with Gasteiger partial charge in [0.15, 0.2) is 0 Å². The molecule has 0 radical (unpaired) electrons. The van der Waals surface area contributed by atoms with E-state index in [1.54, 1.807) is 0 Å². The summed E-state index contributed by atoms with van der Waals surface area (Å²) in [7, 11) is 0. The summed E-state index contributed by atoms with van der Waals surface area (Å²) in [5.74, 6) is 0.0427. The second kappa shape index (κ2) is 9.13. The van der Waals surface area contributed by atoms with E-state index in [2.05, 4.69) is 10.2 Å². The van der Waals surface area contributed by atoms with Gasteiger partial charge in [0.2, 0.25) is 0 Å². The van der Waals surface area contributed by atoms with Crippen molar-refractivity contribution in [1.29, 1.82) is 0 Å². The van der Waals surface area contributed by atoms with E-state index in [0.29, 0.717) is 12.1 Å². The van der Waals surface area contributed by atoms with Gasteiger partial charge in [-0.2, -0.15) is 0 Å². The van der Waals surface area contributed by atoms with Crippen molar-refractivity contribution in [3.8, 4) is 0 Å². The van der Waals surface area contributed by atoms with Crippen LogP contribution in [0.15, 0.2) is 0 Å². The highest BCUT2D eigenvalue weighted by molar-refractivity contribution is 5.69. The summed E-state index contributed by atoms with van der Waals surface area (Å²) in [5.41, 5.74) is 0. The third kappa shape index (κ3) is 5.41. The van der Waals surface area contributed by atoms with Crippen LogP contribution in [0.3, 0.4) is 0 Å². The lowest BCUT2D eigenvalue weighted by atomic mass is 9.91. The molecule has 24 heavy (non-hydrogen) atoms. The highest BCUT2D eigenvalue weighted by Crippen LogP contribution is 2.27. The molecule has 0 aromatic carbocycles. The van der Waals surface area contributed by atoms with E-state index in [1.165, 1.54) is 38.5 Å². The van der Waals surface area contributed by atoms with Crippen LogP contribution in [0.5, 0.6) is 0 Å². The quantitative estimate of drug-likeness (QED) is 0.753. The molecule has 2 N–H and O–H groups in total. The molecule has 0 atom stereocenters. The van der Waals surface area contributed by atoms with Gasteiger partial charge >= 0.3 is 5.97 Å². The van der Waals surface area contributed by atoms with Crippen LogP contribution in [0.25, 0.3) is 0 Å². The molecule has 1 aliphatic carbocycles. The highest BCUT2D eigenvalue weighted by atomic mass is 16.5. The average Bonchev–Trinajstić information content (AvgIpc) is 2.62. The van der Waals surface area contributed by atoms with Crippen molar-refractivity contribution in [1.82, 2.24) is 15.1 Å². The SMILES string of the molecule is O=C(O)CN1CCN(C2CCC(OCC3CCNCC3)CC2)CC1. The molecule has 2 heterocycles. The van der Waals surface area contributed by atoms with Gasteiger partial charge in [-0.3, -0.25) is 14.6 Å². The maximum atomic E-state index is 10.8. The zero-order valence-corrected chi connectivity index (χ0v) is 14.8. The summed E-state index contributed by atoms with van der Waals surface area (Å²) < 4.78 is 6.20. The fourth-order valence-corrected chi connectivity index (χ4v) is 4.38. The zero-order valence-electron chi connectivity index (χ0n) is 14.8. The summed E-state index contributed by atoms with van der Waals surface area (Å²) in [4.78, 5) is 15.4. The molecule has 2 saturated heterocycles. The van der Waals surface area contributed by atoms with Crippen molar-refractivity contribution < 1.29 is 14.6 Å². The van der Waals surface area contributed by atoms with E-state index in [9.17, 15) is 4.79 Å². The number of carboxylic acid groups (broad SMARTS) is 1. The van der Waals surface area contributed by atoms with E-state index >= 15 is 0 Å². The van der Waals surface area contributed by atoms with E-state index < -0.39 is 5.97 Å². The van der Waals surface area contributed by atoms with Crippen LogP contribution in [0, 0.1) is 5.92 Å². The minimum Gasteiger partial charge on any atom is -0.480 e. The topological polar surface area (TPSA) is 65.0 Å². The molecular formula is C18H33N3O3. The van der Waals surface area contributed by atoms with Gasteiger partial charge in [-0.15, -0.1) is 0 Å². The van der Waals surface area contributed by atoms with Gasteiger partial charge in [-0.05, 0) is 57.5 Å². The Morgan fingerprint density at radius 2 is 1.67 bits per heavy atom. The maximum absolute atomic E-state index is 10.8. The lowest BCUT2D eigenvalue weighted by Crippen LogP contribution is -2.52. The van der Waals surface area contributed by atoms with Crippen LogP contribution >= 0.6 is 0 Å². The third-order valence-electron chi connectivity index (χ3n) is 5.95. The first-order valence-electron chi connectivity index (χ1n) is 9.71. The monoisotopic (exact) mass is 339 g/mol. The maximum Gasteiger partial charge on any atom is 0.317 e. The largest absolute Gasteiger partial charge is 0.480 e. The Balaban J connectivity index is 1.31. The van der Waals surface area contributed by atoms with E-state index in [1.807, 2.05) is 4.90 Å². The molecule has 6 heteroatoms. The number of piperidine rings is 1. The molecule has 138 valence electrons. The Hall–Kier alpha value is -0.690. The number of ether oxygens (including phenoxy) is 1. The van der Waals surface area contributed by atoms with Crippen molar-refractivity contribution >= 4 is 5.97 Å². The van der Waals surface area contributed by atoms with Crippen LogP contribution in [0.4, 0.5) is 0 Å². The minimum atomic E-state index is -0.713. The van der Waals surface area contributed by atoms with Crippen LogP contribution in [0.2, 0.25) is 0 Å². The molecule has 1 saturated carbocycles. The Bertz CT molecular complexity index is 385. The van der Waals surface area contributed by atoms with Crippen molar-refractivity contribution in [2.75, 3.05) is 52.4 Å². The van der Waals surface area contributed by atoms with Gasteiger partial charge in [-0.1, -0.05) is 0 Å². The fraction of sp³-hybridized carbons (Fsp3) is 0.944. The molecule has 0 aromatic heterocycles. The van der Waals surface area contributed by atoms with E-state index in [0.717, 1.165) is 51.8 Å². The summed E-state index contributed by atoms with van der Waals surface area (Å²) >= 11 is 0. The molecular weight excluding hydrogens is 306 g/mol. The van der Waals surface area contributed by atoms with Crippen LogP contribution < -0.4 is 5.32 Å². The average molecular weight is 339 g/mol. The van der Waals surface area contributed by atoms with Gasteiger partial charge < -0.3 is 15.2 Å². The van der Waals surface area contributed by atoms with Gasteiger partial charge in [0.1, 0.15) is 0 Å². The number of rotatable bonds is 6. The number of carboxylic acids is 1. The van der Waals surface area contributed by atoms with Gasteiger partial charge in [-0.25, -0.2) is 0 Å². The van der Waals surface area contributed by atoms with Gasteiger partial charge in [0.05, 0.1) is 12.6 Å². The number of carbonyl (C=O) groups is 1. The normalized spacial score (nSPS) is 31.2. The summed E-state index contributed by atoms with van der Waals surface area (Å²) in [5, 5.41) is 12.3. The molecule has 6 nitrogen and oxygen atoms in total. The fourth-order valence-electron chi connectivity index (χ4n) is 4.38. The predicted molar refractivity (Wildman–Crippen MR) is 93.2 cm³/mol. The number of piperazine rings is 1. The first kappa shape index (κ1) is 18.1. The van der Waals surface area contributed by atoms with Crippen molar-refractivity contribution in [2.45, 2.75) is 50.7 Å². The molecule has 3 rings (SSSR count). The Kier molecular flexibility index (Phi) is 6.89. The van der Waals surface area contributed by atoms with Gasteiger partial charge in [0.25, 0.3) is 0 Å². The number of nitrogens with one attached hydrogen (secondary N) is 1. The van der Waals surface area contributed by atoms with E-state index in [4.69, 9.17) is 9.84 Å². The minimum absolute atomic E-state index is 0.186. The van der Waals surface area contributed by atoms with Gasteiger partial charge in [0, 0.05) is 38.8 Å². The van der Waals surface area contributed by atoms with Crippen LogP contribution in [-0.4, -0.2) is 85.4 Å². The lowest BCUT2D eigenvalue weighted by Gasteiger charge is -2.41. The lowest BCUT2D eigenvalue weighted by molar-refractivity contribution is -0.138. The molecule has 3 aliphatic rings. The highest BCUT2D eigenvalue weighted by Gasteiger charge is 2.29. The van der Waals surface area contributed by atoms with E-state index in [-0.39, 0.29) is 6.54 Å². The number of aliphatic carboxylic acids is 1. The Morgan fingerprint density at radius 1 is 1.00 bits per heavy atom. The zero-order chi connectivity index (χ0) is 16.8. The molecule has 0 aromatic rings. The first-order valence-corrected chi connectivity index (χ1v) is 9.71. The Morgan fingerprint density at radius 3 is 2.29 bits per heavy atom. The van der Waals surface area contributed by atoms with Crippen LogP contribution in [-0.2, 0) is 9.53 Å². The predicted octanol–water partition coefficient (Wildman–Crippen LogP) is 1.02. The first-order chi connectivity index (χ1) is 11.7. The number of nitrogens with zero attached hydrogens (tertiary/aromatic N) is 2. The van der Waals surface area contributed by atoms with Crippen LogP contribution in [0.1, 0.15) is 38.5 Å². The standard InChI is InChI=1S/C18H33N3O3/c22-18(23)13-20-9-11-21(12-10-20)16-1-3-17(4-2-16)24-14-15-5-7-19-8-6-15/h15-17,19H,1-14H2,(H,22,23). The summed E-state index contributed by atoms with van der Waals surface area (Å²) in [6.07, 6.45) is 7.82. The number of hydrogen-bond acceptors (Lipinski definition) is 5. The second-order valence-corrected chi connectivity index (χ2v) is 7.66. The van der Waals surface area contributed by atoms with Crippen molar-refractivity contribution in [2.24, 2.45) is 5.92 Å². The van der Waals surface area contributed by atoms with Crippen molar-refractivity contribution in [3.63, 3.8) is 0 Å². The summed E-state index contributed by atoms with van der Waals surface area (Å²) in [6.45, 7) is 7.23. The molecule has 0 bridgehead atoms. The summed E-state index contributed by atoms with van der Waals surface area (Å²) in [6, 6.07) is 0.677. The number of hydrogen-bond donors (Lipinski definition) is 2. The smallest absolute Gasteiger partial charge is 0.317 e. The second-order valence-electron chi connectivity index (χ2n) is 7.66. The molecule has 3 fully saturated rings. The molecule has 0 amide bonds.